The van der Waals surface area contributed by atoms with Crippen LogP contribution in [0.25, 0.3) is 0 Å². The predicted molar refractivity (Wildman–Crippen MR) is 85.0 cm³/mol. The van der Waals surface area contributed by atoms with E-state index in [0.29, 0.717) is 11.7 Å². The van der Waals surface area contributed by atoms with Crippen molar-refractivity contribution in [3.05, 3.63) is 0 Å². The van der Waals surface area contributed by atoms with E-state index in [1.165, 1.54) is 76.5 Å². The Hall–Kier alpha value is 0.270. The summed E-state index contributed by atoms with van der Waals surface area (Å²) in [6.45, 7) is 2.24. The number of nitrogens with one attached hydrogen (secondary N) is 1. The minimum Gasteiger partial charge on any atom is -0.370 e. The lowest BCUT2D eigenvalue weighted by molar-refractivity contribution is -0.0623. The van der Waals surface area contributed by atoms with Crippen LogP contribution in [0.2, 0.25) is 0 Å². The fraction of sp³-hybridized carbons (Fsp3) is 1.00. The van der Waals surface area contributed by atoms with Crippen LogP contribution in [0, 0.1) is 0 Å². The maximum atomic E-state index is 6.37. The summed E-state index contributed by atoms with van der Waals surface area (Å²) in [6, 6.07) is 0. The van der Waals surface area contributed by atoms with Gasteiger partial charge in [-0.15, -0.1) is 0 Å². The second kappa shape index (κ2) is 8.53. The number of hydrogen-bond donors (Lipinski definition) is 1. The van der Waals surface area contributed by atoms with Crippen LogP contribution in [-0.2, 0) is 4.74 Å². The zero-order valence-corrected chi connectivity index (χ0v) is 13.4. The van der Waals surface area contributed by atoms with Crippen molar-refractivity contribution in [2.75, 3.05) is 25.1 Å². The van der Waals surface area contributed by atoms with Crippen molar-refractivity contribution in [3.8, 4) is 0 Å². The number of ether oxygens (including phenoxy) is 1. The summed E-state index contributed by atoms with van der Waals surface area (Å²) in [7, 11) is 0. The average molecular weight is 285 g/mol. The summed E-state index contributed by atoms with van der Waals surface area (Å²) < 4.78 is 6.37. The molecule has 2 aliphatic rings. The maximum absolute atomic E-state index is 6.37. The van der Waals surface area contributed by atoms with E-state index in [9.17, 15) is 0 Å². The molecule has 1 aliphatic carbocycles. The summed E-state index contributed by atoms with van der Waals surface area (Å²) in [5.74, 6) is 1.31. The topological polar surface area (TPSA) is 21.3 Å². The smallest absolute Gasteiger partial charge is 0.0708 e. The van der Waals surface area contributed by atoms with E-state index in [-0.39, 0.29) is 0 Å². The Morgan fingerprint density at radius 3 is 2.74 bits per heavy atom. The Kier molecular flexibility index (Phi) is 7.03. The van der Waals surface area contributed by atoms with Gasteiger partial charge in [0, 0.05) is 6.54 Å². The molecule has 0 aromatic heterocycles. The SMILES string of the molecule is CSCCCCCNCC1CCC2(CCCCC2)O1. The lowest BCUT2D eigenvalue weighted by Gasteiger charge is -2.33. The van der Waals surface area contributed by atoms with E-state index in [4.69, 9.17) is 4.74 Å². The number of thioether (sulfide) groups is 1. The summed E-state index contributed by atoms with van der Waals surface area (Å²) in [5, 5.41) is 3.59. The van der Waals surface area contributed by atoms with Crippen molar-refractivity contribution in [2.24, 2.45) is 0 Å². The normalized spacial score (nSPS) is 26.1. The van der Waals surface area contributed by atoms with Crippen LogP contribution < -0.4 is 5.32 Å². The summed E-state index contributed by atoms with van der Waals surface area (Å²) >= 11 is 1.96. The van der Waals surface area contributed by atoms with Gasteiger partial charge in [0.05, 0.1) is 11.7 Å². The summed E-state index contributed by atoms with van der Waals surface area (Å²) in [5.41, 5.74) is 0.295. The van der Waals surface area contributed by atoms with Crippen LogP contribution in [0.5, 0.6) is 0 Å². The minimum absolute atomic E-state index is 0.295. The summed E-state index contributed by atoms with van der Waals surface area (Å²) in [6.07, 6.45) is 16.1. The van der Waals surface area contributed by atoms with E-state index < -0.39 is 0 Å². The fourth-order valence-corrected chi connectivity index (χ4v) is 4.03. The number of hydrogen-bond acceptors (Lipinski definition) is 3. The molecule has 3 heteroatoms. The highest BCUT2D eigenvalue weighted by atomic mass is 32.2. The first kappa shape index (κ1) is 15.7. The lowest BCUT2D eigenvalue weighted by atomic mass is 9.83. The quantitative estimate of drug-likeness (QED) is 0.681. The van der Waals surface area contributed by atoms with Gasteiger partial charge in [0.25, 0.3) is 0 Å². The van der Waals surface area contributed by atoms with Crippen LogP contribution in [0.15, 0.2) is 0 Å². The van der Waals surface area contributed by atoms with E-state index >= 15 is 0 Å². The van der Waals surface area contributed by atoms with E-state index in [2.05, 4.69) is 11.6 Å². The molecule has 1 saturated heterocycles. The highest BCUT2D eigenvalue weighted by molar-refractivity contribution is 7.98. The molecular formula is C16H31NOS. The van der Waals surface area contributed by atoms with Gasteiger partial charge >= 0.3 is 0 Å². The van der Waals surface area contributed by atoms with Crippen molar-refractivity contribution in [1.82, 2.24) is 5.32 Å². The van der Waals surface area contributed by atoms with Crippen molar-refractivity contribution >= 4 is 11.8 Å². The van der Waals surface area contributed by atoms with Crippen LogP contribution in [0.4, 0.5) is 0 Å². The largest absolute Gasteiger partial charge is 0.370 e. The Labute approximate surface area is 123 Å². The van der Waals surface area contributed by atoms with Crippen molar-refractivity contribution in [1.29, 1.82) is 0 Å². The standard InChI is InChI=1S/C16H31NOS/c1-19-13-7-3-6-12-17-14-15-8-11-16(18-15)9-4-2-5-10-16/h15,17H,2-14H2,1H3. The van der Waals surface area contributed by atoms with E-state index in [0.717, 1.165) is 6.54 Å². The molecule has 0 aromatic carbocycles. The molecule has 19 heavy (non-hydrogen) atoms. The molecule has 1 atom stereocenters. The first-order valence-electron chi connectivity index (χ1n) is 8.22. The first-order valence-corrected chi connectivity index (χ1v) is 9.61. The molecule has 1 unspecified atom stereocenters. The molecular weight excluding hydrogens is 254 g/mol. The molecule has 0 radical (unpaired) electrons. The molecule has 2 fully saturated rings. The van der Waals surface area contributed by atoms with Gasteiger partial charge in [0.1, 0.15) is 0 Å². The van der Waals surface area contributed by atoms with Crippen LogP contribution in [0.3, 0.4) is 0 Å². The average Bonchev–Trinajstić information content (AvgIpc) is 2.81. The van der Waals surface area contributed by atoms with Gasteiger partial charge in [-0.3, -0.25) is 0 Å². The predicted octanol–water partition coefficient (Wildman–Crippen LogP) is 3.99. The summed E-state index contributed by atoms with van der Waals surface area (Å²) in [4.78, 5) is 0. The second-order valence-corrected chi connectivity index (χ2v) is 7.27. The number of rotatable bonds is 8. The molecule has 2 nitrogen and oxygen atoms in total. The molecule has 0 bridgehead atoms. The zero-order chi connectivity index (χ0) is 13.4. The van der Waals surface area contributed by atoms with Gasteiger partial charge in [0.2, 0.25) is 0 Å². The van der Waals surface area contributed by atoms with Gasteiger partial charge in [-0.1, -0.05) is 25.7 Å². The van der Waals surface area contributed by atoms with Gasteiger partial charge < -0.3 is 10.1 Å². The van der Waals surface area contributed by atoms with Crippen LogP contribution >= 0.6 is 11.8 Å². The highest BCUT2D eigenvalue weighted by Gasteiger charge is 2.40. The second-order valence-electron chi connectivity index (χ2n) is 6.28. The van der Waals surface area contributed by atoms with Gasteiger partial charge in [-0.05, 0) is 57.1 Å². The van der Waals surface area contributed by atoms with Crippen molar-refractivity contribution in [3.63, 3.8) is 0 Å². The van der Waals surface area contributed by atoms with Gasteiger partial charge in [-0.25, -0.2) is 0 Å². The van der Waals surface area contributed by atoms with Crippen molar-refractivity contribution < 1.29 is 4.74 Å². The molecule has 1 saturated carbocycles. The van der Waals surface area contributed by atoms with Crippen molar-refractivity contribution in [2.45, 2.75) is 75.9 Å². The highest BCUT2D eigenvalue weighted by Crippen LogP contribution is 2.41. The zero-order valence-electron chi connectivity index (χ0n) is 12.6. The molecule has 0 aromatic rings. The van der Waals surface area contributed by atoms with Gasteiger partial charge in [0.15, 0.2) is 0 Å². The van der Waals surface area contributed by atoms with Crippen LogP contribution in [0.1, 0.15) is 64.2 Å². The lowest BCUT2D eigenvalue weighted by Crippen LogP contribution is -2.34. The maximum Gasteiger partial charge on any atom is 0.0708 e. The Morgan fingerprint density at radius 1 is 1.11 bits per heavy atom. The molecule has 112 valence electrons. The van der Waals surface area contributed by atoms with E-state index in [1.54, 1.807) is 0 Å². The third-order valence-corrected chi connectivity index (χ3v) is 5.37. The molecule has 0 amide bonds. The molecule has 1 spiro atoms. The molecule has 2 rings (SSSR count). The van der Waals surface area contributed by atoms with Crippen LogP contribution in [-0.4, -0.2) is 36.8 Å². The Balaban J connectivity index is 1.51. The monoisotopic (exact) mass is 285 g/mol. The fourth-order valence-electron chi connectivity index (χ4n) is 3.54. The van der Waals surface area contributed by atoms with E-state index in [1.807, 2.05) is 11.8 Å². The Bertz CT molecular complexity index is 241. The molecule has 1 aliphatic heterocycles. The Morgan fingerprint density at radius 2 is 1.95 bits per heavy atom. The number of unbranched alkanes of at least 4 members (excludes halogenated alkanes) is 2. The molecule has 1 N–H and O–H groups in total. The first-order chi connectivity index (χ1) is 9.35. The third kappa shape index (κ3) is 5.28. The third-order valence-electron chi connectivity index (χ3n) is 4.68. The minimum atomic E-state index is 0.295. The molecule has 1 heterocycles. The van der Waals surface area contributed by atoms with Gasteiger partial charge in [-0.2, -0.15) is 11.8 Å².